The summed E-state index contributed by atoms with van der Waals surface area (Å²) in [5.74, 6) is -1.77. The highest BCUT2D eigenvalue weighted by molar-refractivity contribution is 5.97. The van der Waals surface area contributed by atoms with Gasteiger partial charge in [0.15, 0.2) is 12.4 Å². The first-order chi connectivity index (χ1) is 19.8. The molecule has 4 aromatic rings. The summed E-state index contributed by atoms with van der Waals surface area (Å²) >= 11 is 0. The highest BCUT2D eigenvalue weighted by Crippen LogP contribution is 2.23. The maximum Gasteiger partial charge on any atom is 0.328 e. The van der Waals surface area contributed by atoms with E-state index in [9.17, 15) is 19.2 Å². The number of amides is 2. The van der Waals surface area contributed by atoms with Crippen LogP contribution in [0.4, 0.5) is 0 Å². The van der Waals surface area contributed by atoms with Crippen molar-refractivity contribution in [2.75, 3.05) is 0 Å². The van der Waals surface area contributed by atoms with E-state index in [4.69, 9.17) is 13.9 Å². The number of benzene rings is 3. The molecule has 10 nitrogen and oxygen atoms in total. The Morgan fingerprint density at radius 2 is 1.12 bits per heavy atom. The Morgan fingerprint density at radius 3 is 1.61 bits per heavy atom. The second-order valence-corrected chi connectivity index (χ2v) is 9.09. The van der Waals surface area contributed by atoms with Gasteiger partial charge >= 0.3 is 11.9 Å². The predicted octanol–water partition coefficient (Wildman–Crippen LogP) is 4.07. The third-order valence-electron chi connectivity index (χ3n) is 5.97. The molecule has 0 bridgehead atoms. The molecule has 41 heavy (non-hydrogen) atoms. The van der Waals surface area contributed by atoms with Crippen molar-refractivity contribution in [2.24, 2.45) is 0 Å². The first-order valence-electron chi connectivity index (χ1n) is 12.9. The predicted molar refractivity (Wildman–Crippen MR) is 148 cm³/mol. The Morgan fingerprint density at radius 1 is 0.683 bits per heavy atom. The minimum Gasteiger partial charge on any atom is -0.458 e. The number of carbonyl (C=O) groups is 4. The van der Waals surface area contributed by atoms with Gasteiger partial charge in [-0.15, -0.1) is 0 Å². The summed E-state index contributed by atoms with van der Waals surface area (Å²) in [6.45, 7) is 2.42. The third-order valence-corrected chi connectivity index (χ3v) is 5.97. The van der Waals surface area contributed by atoms with Crippen LogP contribution in [0, 0.1) is 0 Å². The maximum absolute atomic E-state index is 12.6. The van der Waals surface area contributed by atoms with E-state index in [1.54, 1.807) is 72.8 Å². The van der Waals surface area contributed by atoms with E-state index in [0.29, 0.717) is 16.7 Å². The van der Waals surface area contributed by atoms with Crippen LogP contribution in [-0.4, -0.2) is 40.8 Å². The first-order valence-corrected chi connectivity index (χ1v) is 12.9. The number of rotatable bonds is 11. The normalized spacial score (nSPS) is 12.0. The molecule has 0 aliphatic rings. The van der Waals surface area contributed by atoms with Crippen molar-refractivity contribution in [1.29, 1.82) is 0 Å². The van der Waals surface area contributed by atoms with Crippen LogP contribution >= 0.6 is 0 Å². The van der Waals surface area contributed by atoms with Gasteiger partial charge in [-0.05, 0) is 50.2 Å². The molecule has 3 aromatic carbocycles. The molecular weight excluding hydrogens is 526 g/mol. The standard InChI is InChI=1S/C31H29N3O7/c1-20(32-27(35)22-12-6-3-7-13-22)30(37)39-18-25-26(41-29(34-25)24-16-10-5-11-17-24)19-40-31(38)21(2)33-28(36)23-14-8-4-9-15-23/h3-17,20-21H,18-19H2,1-2H3,(H,32,35)(H,33,36)/t20-,21+/m0/s1. The molecule has 210 valence electrons. The van der Waals surface area contributed by atoms with Crippen molar-refractivity contribution in [1.82, 2.24) is 15.6 Å². The molecule has 1 aromatic heterocycles. The van der Waals surface area contributed by atoms with Crippen molar-refractivity contribution < 1.29 is 33.1 Å². The van der Waals surface area contributed by atoms with Gasteiger partial charge in [-0.25, -0.2) is 14.6 Å². The van der Waals surface area contributed by atoms with Gasteiger partial charge < -0.3 is 24.5 Å². The number of oxazole rings is 1. The van der Waals surface area contributed by atoms with Gasteiger partial charge in [0, 0.05) is 16.7 Å². The first kappa shape index (κ1) is 28.8. The lowest BCUT2D eigenvalue weighted by atomic mass is 10.2. The number of hydrogen-bond donors (Lipinski definition) is 2. The van der Waals surface area contributed by atoms with E-state index in [0.717, 1.165) is 0 Å². The molecule has 0 aliphatic carbocycles. The largest absolute Gasteiger partial charge is 0.458 e. The van der Waals surface area contributed by atoms with Crippen LogP contribution in [-0.2, 0) is 32.3 Å². The van der Waals surface area contributed by atoms with Crippen LogP contribution in [0.15, 0.2) is 95.4 Å². The number of nitrogens with one attached hydrogen (secondary N) is 2. The lowest BCUT2D eigenvalue weighted by molar-refractivity contribution is -0.148. The number of carbonyl (C=O) groups excluding carboxylic acids is 4. The summed E-state index contributed by atoms with van der Waals surface area (Å²) in [4.78, 5) is 54.4. The minimum atomic E-state index is -0.936. The Hall–Kier alpha value is -5.25. The summed E-state index contributed by atoms with van der Waals surface area (Å²) in [6.07, 6.45) is 0. The van der Waals surface area contributed by atoms with E-state index >= 15 is 0 Å². The van der Waals surface area contributed by atoms with E-state index in [1.807, 2.05) is 18.2 Å². The molecule has 2 amide bonds. The summed E-state index contributed by atoms with van der Waals surface area (Å²) < 4.78 is 16.6. The SMILES string of the molecule is C[C@H](NC(=O)c1ccccc1)C(=O)OCc1nc(-c2ccccc2)oc1COC(=O)[C@@H](C)NC(=O)c1ccccc1. The van der Waals surface area contributed by atoms with Crippen molar-refractivity contribution >= 4 is 23.8 Å². The molecular formula is C31H29N3O7. The van der Waals surface area contributed by atoms with E-state index in [1.165, 1.54) is 13.8 Å². The van der Waals surface area contributed by atoms with Gasteiger partial charge in [0.25, 0.3) is 11.8 Å². The van der Waals surface area contributed by atoms with Gasteiger partial charge in [0.2, 0.25) is 5.89 Å². The fraction of sp³-hybridized carbons (Fsp3) is 0.194. The fourth-order valence-electron chi connectivity index (χ4n) is 3.70. The molecule has 0 spiro atoms. The topological polar surface area (TPSA) is 137 Å². The molecule has 2 atom stereocenters. The van der Waals surface area contributed by atoms with Crippen LogP contribution in [0.2, 0.25) is 0 Å². The zero-order valence-electron chi connectivity index (χ0n) is 22.5. The molecule has 2 N–H and O–H groups in total. The van der Waals surface area contributed by atoms with Crippen LogP contribution in [0.3, 0.4) is 0 Å². The van der Waals surface area contributed by atoms with Gasteiger partial charge in [0.1, 0.15) is 24.4 Å². The van der Waals surface area contributed by atoms with Crippen molar-refractivity contribution in [2.45, 2.75) is 39.1 Å². The third kappa shape index (κ3) is 7.89. The highest BCUT2D eigenvalue weighted by atomic mass is 16.5. The molecule has 4 rings (SSSR count). The van der Waals surface area contributed by atoms with Crippen LogP contribution in [0.5, 0.6) is 0 Å². The number of hydrogen-bond acceptors (Lipinski definition) is 8. The Labute approximate surface area is 236 Å². The van der Waals surface area contributed by atoms with Gasteiger partial charge in [-0.2, -0.15) is 0 Å². The Bertz CT molecular complexity index is 1400. The summed E-state index contributed by atoms with van der Waals surface area (Å²) in [5, 5.41) is 5.19. The Kier molecular flexibility index (Phi) is 9.61. The van der Waals surface area contributed by atoms with Gasteiger partial charge in [0.05, 0.1) is 0 Å². The Balaban J connectivity index is 1.39. The molecule has 0 saturated carbocycles. The maximum atomic E-state index is 12.6. The average molecular weight is 556 g/mol. The zero-order valence-corrected chi connectivity index (χ0v) is 22.5. The second kappa shape index (κ2) is 13.7. The number of nitrogens with zero attached hydrogens (tertiary/aromatic N) is 1. The number of aromatic nitrogens is 1. The lowest BCUT2D eigenvalue weighted by Gasteiger charge is -2.14. The smallest absolute Gasteiger partial charge is 0.328 e. The van der Waals surface area contributed by atoms with Crippen molar-refractivity contribution in [3.8, 4) is 11.5 Å². The lowest BCUT2D eigenvalue weighted by Crippen LogP contribution is -2.39. The summed E-state index contributed by atoms with van der Waals surface area (Å²) in [5.41, 5.74) is 1.74. The van der Waals surface area contributed by atoms with Crippen LogP contribution in [0.1, 0.15) is 46.0 Å². The van der Waals surface area contributed by atoms with Gasteiger partial charge in [-0.3, -0.25) is 9.59 Å². The zero-order chi connectivity index (χ0) is 29.2. The number of esters is 2. The summed E-state index contributed by atoms with van der Waals surface area (Å²) in [6, 6.07) is 24.2. The van der Waals surface area contributed by atoms with Crippen molar-refractivity contribution in [3.05, 3.63) is 114 Å². The molecule has 1 heterocycles. The van der Waals surface area contributed by atoms with Crippen molar-refractivity contribution in [3.63, 3.8) is 0 Å². The molecule has 10 heteroatoms. The van der Waals surface area contributed by atoms with Crippen LogP contribution < -0.4 is 10.6 Å². The van der Waals surface area contributed by atoms with Crippen LogP contribution in [0.25, 0.3) is 11.5 Å². The fourth-order valence-corrected chi connectivity index (χ4v) is 3.70. The number of ether oxygens (including phenoxy) is 2. The molecule has 0 saturated heterocycles. The average Bonchev–Trinajstić information content (AvgIpc) is 3.42. The monoisotopic (exact) mass is 555 g/mol. The molecule has 0 aliphatic heterocycles. The second-order valence-electron chi connectivity index (χ2n) is 9.09. The molecule has 0 radical (unpaired) electrons. The van der Waals surface area contributed by atoms with E-state index in [-0.39, 0.29) is 30.6 Å². The summed E-state index contributed by atoms with van der Waals surface area (Å²) in [7, 11) is 0. The van der Waals surface area contributed by atoms with E-state index in [2.05, 4.69) is 15.6 Å². The van der Waals surface area contributed by atoms with E-state index < -0.39 is 35.8 Å². The molecule has 0 fully saturated rings. The van der Waals surface area contributed by atoms with Gasteiger partial charge in [-0.1, -0.05) is 54.6 Å². The quantitative estimate of drug-likeness (QED) is 0.264. The molecule has 0 unspecified atom stereocenters. The highest BCUT2D eigenvalue weighted by Gasteiger charge is 2.23. The minimum absolute atomic E-state index is 0.174.